The molecule has 1 aliphatic carbocycles. The van der Waals surface area contributed by atoms with Crippen LogP contribution in [0.4, 0.5) is 5.82 Å². The molecule has 6 heteroatoms. The Kier molecular flexibility index (Phi) is 3.77. The van der Waals surface area contributed by atoms with E-state index in [9.17, 15) is 0 Å². The molecule has 0 bridgehead atoms. The molecule has 0 amide bonds. The summed E-state index contributed by atoms with van der Waals surface area (Å²) in [4.78, 5) is 16.8. The minimum Gasteiger partial charge on any atom is -0.356 e. The standard InChI is InChI=1S/C17H24N6/c1-22(17-15-2-5-19-16(15)20-11-21-17)14-8-12-3-6-23(7-4-18)10-13(12)9-14/h2,4-5,11-14,18H,3,6-10H2,1H3,(H,19,20,21). The van der Waals surface area contributed by atoms with Crippen LogP contribution >= 0.6 is 0 Å². The van der Waals surface area contributed by atoms with Gasteiger partial charge < -0.3 is 15.3 Å². The molecule has 1 saturated carbocycles. The van der Waals surface area contributed by atoms with Crippen molar-refractivity contribution in [2.24, 2.45) is 11.8 Å². The largest absolute Gasteiger partial charge is 0.356 e. The van der Waals surface area contributed by atoms with Crippen molar-refractivity contribution in [2.75, 3.05) is 31.6 Å². The van der Waals surface area contributed by atoms with Crippen LogP contribution in [0.1, 0.15) is 19.3 Å². The summed E-state index contributed by atoms with van der Waals surface area (Å²) in [6, 6.07) is 2.62. The van der Waals surface area contributed by atoms with Crippen molar-refractivity contribution in [2.45, 2.75) is 25.3 Å². The maximum absolute atomic E-state index is 7.32. The summed E-state index contributed by atoms with van der Waals surface area (Å²) in [5, 5.41) is 8.42. The molecular weight excluding hydrogens is 288 g/mol. The van der Waals surface area contributed by atoms with E-state index >= 15 is 0 Å². The number of likely N-dealkylation sites (tertiary alicyclic amines) is 1. The monoisotopic (exact) mass is 312 g/mol. The van der Waals surface area contributed by atoms with Crippen LogP contribution < -0.4 is 4.90 Å². The predicted molar refractivity (Wildman–Crippen MR) is 92.1 cm³/mol. The summed E-state index contributed by atoms with van der Waals surface area (Å²) in [6.45, 7) is 3.09. The molecule has 6 nitrogen and oxygen atoms in total. The van der Waals surface area contributed by atoms with Crippen molar-refractivity contribution in [1.29, 1.82) is 5.41 Å². The van der Waals surface area contributed by atoms with Crippen molar-refractivity contribution < 1.29 is 0 Å². The Morgan fingerprint density at radius 3 is 3.13 bits per heavy atom. The third-order valence-electron chi connectivity index (χ3n) is 5.69. The second kappa shape index (κ2) is 5.92. The summed E-state index contributed by atoms with van der Waals surface area (Å²) >= 11 is 0. The van der Waals surface area contributed by atoms with Gasteiger partial charge >= 0.3 is 0 Å². The fourth-order valence-corrected chi connectivity index (χ4v) is 4.45. The van der Waals surface area contributed by atoms with Gasteiger partial charge in [-0.15, -0.1) is 0 Å². The zero-order valence-corrected chi connectivity index (χ0v) is 13.6. The molecule has 0 aromatic carbocycles. The van der Waals surface area contributed by atoms with Crippen LogP contribution in [-0.2, 0) is 0 Å². The summed E-state index contributed by atoms with van der Waals surface area (Å²) < 4.78 is 0. The summed E-state index contributed by atoms with van der Waals surface area (Å²) in [7, 11) is 2.17. The average molecular weight is 312 g/mol. The van der Waals surface area contributed by atoms with Crippen molar-refractivity contribution in [3.05, 3.63) is 18.6 Å². The highest BCUT2D eigenvalue weighted by molar-refractivity contribution is 5.87. The van der Waals surface area contributed by atoms with Crippen LogP contribution in [-0.4, -0.2) is 58.8 Å². The second-order valence-corrected chi connectivity index (χ2v) is 6.95. The molecule has 1 saturated heterocycles. The Morgan fingerprint density at radius 2 is 2.26 bits per heavy atom. The van der Waals surface area contributed by atoms with E-state index in [1.165, 1.54) is 25.5 Å². The molecule has 2 aromatic heterocycles. The zero-order valence-electron chi connectivity index (χ0n) is 13.6. The first-order valence-electron chi connectivity index (χ1n) is 8.48. The number of hydrogen-bond donors (Lipinski definition) is 2. The molecule has 2 fully saturated rings. The fourth-order valence-electron chi connectivity index (χ4n) is 4.45. The van der Waals surface area contributed by atoms with E-state index in [2.05, 4.69) is 37.9 Å². The number of nitrogens with one attached hydrogen (secondary N) is 2. The highest BCUT2D eigenvalue weighted by Gasteiger charge is 2.39. The van der Waals surface area contributed by atoms with Crippen LogP contribution in [0.2, 0.25) is 0 Å². The molecule has 2 N–H and O–H groups in total. The van der Waals surface area contributed by atoms with Gasteiger partial charge in [-0.05, 0) is 43.7 Å². The first-order valence-corrected chi connectivity index (χ1v) is 8.48. The summed E-state index contributed by atoms with van der Waals surface area (Å²) in [6.07, 6.45) is 8.87. The number of aromatic amines is 1. The topological polar surface area (TPSA) is 71.9 Å². The number of piperidine rings is 1. The highest BCUT2D eigenvalue weighted by atomic mass is 15.2. The second-order valence-electron chi connectivity index (χ2n) is 6.95. The van der Waals surface area contributed by atoms with Gasteiger partial charge in [0.05, 0.1) is 5.39 Å². The number of rotatable bonds is 4. The van der Waals surface area contributed by atoms with Gasteiger partial charge in [-0.3, -0.25) is 4.90 Å². The average Bonchev–Trinajstić information content (AvgIpc) is 3.20. The Bertz CT molecular complexity index is 695. The van der Waals surface area contributed by atoms with Crippen molar-refractivity contribution in [3.63, 3.8) is 0 Å². The number of hydrogen-bond acceptors (Lipinski definition) is 5. The third kappa shape index (κ3) is 2.61. The van der Waals surface area contributed by atoms with Crippen LogP contribution in [0.3, 0.4) is 0 Å². The molecule has 0 radical (unpaired) electrons. The van der Waals surface area contributed by atoms with E-state index < -0.39 is 0 Å². The van der Waals surface area contributed by atoms with Gasteiger partial charge in [-0.2, -0.15) is 0 Å². The molecular formula is C17H24N6. The van der Waals surface area contributed by atoms with E-state index in [0.717, 1.165) is 48.3 Å². The van der Waals surface area contributed by atoms with E-state index in [-0.39, 0.29) is 0 Å². The number of fused-ring (bicyclic) bond motifs is 2. The lowest BCUT2D eigenvalue weighted by Crippen LogP contribution is -2.39. The van der Waals surface area contributed by atoms with Gasteiger partial charge in [-0.25, -0.2) is 9.97 Å². The quantitative estimate of drug-likeness (QED) is 0.849. The SMILES string of the molecule is CN(c1ncnc2[nH]ccc12)C1CC2CCN(CC=N)CC2C1. The lowest BCUT2D eigenvalue weighted by Gasteiger charge is -2.33. The first-order chi connectivity index (χ1) is 11.3. The number of H-pyrrole nitrogens is 1. The van der Waals surface area contributed by atoms with Gasteiger partial charge in [0.15, 0.2) is 0 Å². The molecule has 4 rings (SSSR count). The molecule has 122 valence electrons. The molecule has 2 aromatic rings. The minimum absolute atomic E-state index is 0.554. The van der Waals surface area contributed by atoms with Crippen molar-refractivity contribution in [3.8, 4) is 0 Å². The predicted octanol–water partition coefficient (Wildman–Crippen LogP) is 2.14. The Morgan fingerprint density at radius 1 is 1.39 bits per heavy atom. The van der Waals surface area contributed by atoms with E-state index in [4.69, 9.17) is 5.41 Å². The van der Waals surface area contributed by atoms with E-state index in [0.29, 0.717) is 6.04 Å². The van der Waals surface area contributed by atoms with Gasteiger partial charge in [-0.1, -0.05) is 0 Å². The van der Waals surface area contributed by atoms with Gasteiger partial charge in [0, 0.05) is 38.6 Å². The fraction of sp³-hybridized carbons (Fsp3) is 0.588. The van der Waals surface area contributed by atoms with Crippen LogP contribution in [0, 0.1) is 17.2 Å². The molecule has 1 aliphatic heterocycles. The molecule has 3 unspecified atom stereocenters. The van der Waals surface area contributed by atoms with E-state index in [1.54, 1.807) is 6.33 Å². The Balaban J connectivity index is 1.51. The van der Waals surface area contributed by atoms with Crippen LogP contribution in [0.25, 0.3) is 11.0 Å². The first kappa shape index (κ1) is 14.6. The lowest BCUT2D eigenvalue weighted by atomic mass is 9.89. The molecule has 3 atom stereocenters. The van der Waals surface area contributed by atoms with Gasteiger partial charge in [0.2, 0.25) is 0 Å². The number of aromatic nitrogens is 3. The normalized spacial score (nSPS) is 28.0. The molecule has 23 heavy (non-hydrogen) atoms. The Labute approximate surface area is 136 Å². The molecule has 3 heterocycles. The minimum atomic E-state index is 0.554. The van der Waals surface area contributed by atoms with Crippen molar-refractivity contribution >= 4 is 23.1 Å². The summed E-state index contributed by atoms with van der Waals surface area (Å²) in [5.74, 6) is 2.63. The van der Waals surface area contributed by atoms with Gasteiger partial charge in [0.1, 0.15) is 17.8 Å². The molecule has 0 spiro atoms. The van der Waals surface area contributed by atoms with Crippen LogP contribution in [0.15, 0.2) is 18.6 Å². The number of anilines is 1. The smallest absolute Gasteiger partial charge is 0.142 e. The summed E-state index contributed by atoms with van der Waals surface area (Å²) in [5.41, 5.74) is 0.912. The van der Waals surface area contributed by atoms with E-state index in [1.807, 2.05) is 6.20 Å². The maximum Gasteiger partial charge on any atom is 0.142 e. The van der Waals surface area contributed by atoms with Gasteiger partial charge in [0.25, 0.3) is 0 Å². The lowest BCUT2D eigenvalue weighted by molar-refractivity contribution is 0.156. The highest BCUT2D eigenvalue weighted by Crippen LogP contribution is 2.41. The Hall–Kier alpha value is -1.95. The number of nitrogens with zero attached hydrogens (tertiary/aromatic N) is 4. The van der Waals surface area contributed by atoms with Crippen LogP contribution in [0.5, 0.6) is 0 Å². The maximum atomic E-state index is 7.32. The third-order valence-corrected chi connectivity index (χ3v) is 5.69. The van der Waals surface area contributed by atoms with Crippen molar-refractivity contribution in [1.82, 2.24) is 19.9 Å². The zero-order chi connectivity index (χ0) is 15.8. The molecule has 2 aliphatic rings.